The molecule has 4 rings (SSSR count). The molecule has 0 radical (unpaired) electrons. The predicted octanol–water partition coefficient (Wildman–Crippen LogP) is 3.00. The zero-order valence-corrected chi connectivity index (χ0v) is 12.3. The van der Waals surface area contributed by atoms with Crippen molar-refractivity contribution in [2.45, 2.75) is 12.6 Å². The molecule has 0 aliphatic carbocycles. The molecule has 1 fully saturated rings. The molecule has 20 heavy (non-hydrogen) atoms. The second kappa shape index (κ2) is 4.54. The first-order chi connectivity index (χ1) is 9.72. The number of halogens is 1. The summed E-state index contributed by atoms with van der Waals surface area (Å²) in [6.45, 7) is 4.16. The molecule has 2 aliphatic heterocycles. The molecule has 2 aromatic rings. The minimum atomic E-state index is 0.420. The second-order valence-corrected chi connectivity index (χ2v) is 6.24. The summed E-state index contributed by atoms with van der Waals surface area (Å²) in [5.74, 6) is 0. The van der Waals surface area contributed by atoms with Crippen molar-refractivity contribution in [1.29, 1.82) is 0 Å². The van der Waals surface area contributed by atoms with Gasteiger partial charge in [0, 0.05) is 48.8 Å². The van der Waals surface area contributed by atoms with Crippen LogP contribution in [-0.2, 0) is 6.54 Å². The van der Waals surface area contributed by atoms with Gasteiger partial charge >= 0.3 is 0 Å². The monoisotopic (exact) mass is 287 g/mol. The van der Waals surface area contributed by atoms with Crippen molar-refractivity contribution < 1.29 is 0 Å². The summed E-state index contributed by atoms with van der Waals surface area (Å²) in [5.41, 5.74) is 4.07. The van der Waals surface area contributed by atoms with Crippen LogP contribution in [0.15, 0.2) is 36.5 Å². The molecule has 1 aromatic carbocycles. The van der Waals surface area contributed by atoms with Crippen LogP contribution < -0.4 is 4.90 Å². The van der Waals surface area contributed by atoms with Crippen molar-refractivity contribution in [2.24, 2.45) is 0 Å². The zero-order valence-electron chi connectivity index (χ0n) is 11.6. The molecule has 3 heterocycles. The average Bonchev–Trinajstić information content (AvgIpc) is 2.84. The first-order valence-electron chi connectivity index (χ1n) is 7.11. The van der Waals surface area contributed by atoms with Crippen LogP contribution in [0.4, 0.5) is 5.69 Å². The van der Waals surface area contributed by atoms with Gasteiger partial charge in [0.25, 0.3) is 0 Å². The summed E-state index contributed by atoms with van der Waals surface area (Å²) in [6.07, 6.45) is 2.19. The average molecular weight is 288 g/mol. The van der Waals surface area contributed by atoms with E-state index in [2.05, 4.69) is 51.9 Å². The van der Waals surface area contributed by atoms with Crippen molar-refractivity contribution in [2.75, 3.05) is 31.6 Å². The van der Waals surface area contributed by atoms with E-state index in [0.717, 1.165) is 31.2 Å². The van der Waals surface area contributed by atoms with Crippen molar-refractivity contribution >= 4 is 17.3 Å². The highest BCUT2D eigenvalue weighted by atomic mass is 35.5. The van der Waals surface area contributed by atoms with Gasteiger partial charge in [0.1, 0.15) is 0 Å². The van der Waals surface area contributed by atoms with Gasteiger partial charge in [-0.15, -0.1) is 0 Å². The standard InChI is InChI=1S/C16H18ClN3/c1-18-7-8-20-15-9-13(17)5-4-12(15)10-19-6-2-3-14(19)16(20)11-18/h2-6,9,16H,7-8,10-11H2,1H3. The number of aromatic nitrogens is 1. The van der Waals surface area contributed by atoms with Crippen LogP contribution in [0.2, 0.25) is 5.02 Å². The second-order valence-electron chi connectivity index (χ2n) is 5.81. The highest BCUT2D eigenvalue weighted by Crippen LogP contribution is 2.37. The summed E-state index contributed by atoms with van der Waals surface area (Å²) < 4.78 is 2.37. The maximum atomic E-state index is 6.23. The maximum Gasteiger partial charge on any atom is 0.0820 e. The van der Waals surface area contributed by atoms with E-state index in [-0.39, 0.29) is 0 Å². The summed E-state index contributed by atoms with van der Waals surface area (Å²) >= 11 is 6.23. The third-order valence-corrected chi connectivity index (χ3v) is 4.72. The number of benzene rings is 1. The third-order valence-electron chi connectivity index (χ3n) is 4.49. The Morgan fingerprint density at radius 1 is 1.20 bits per heavy atom. The highest BCUT2D eigenvalue weighted by molar-refractivity contribution is 6.30. The van der Waals surface area contributed by atoms with Gasteiger partial charge < -0.3 is 14.4 Å². The lowest BCUT2D eigenvalue weighted by Gasteiger charge is -2.41. The predicted molar refractivity (Wildman–Crippen MR) is 82.6 cm³/mol. The number of nitrogens with zero attached hydrogens (tertiary/aromatic N) is 3. The van der Waals surface area contributed by atoms with Gasteiger partial charge in [-0.3, -0.25) is 0 Å². The molecule has 1 unspecified atom stereocenters. The molecule has 1 aromatic heterocycles. The van der Waals surface area contributed by atoms with Crippen LogP contribution >= 0.6 is 11.6 Å². The Labute approximate surface area is 124 Å². The van der Waals surface area contributed by atoms with Gasteiger partial charge in [0.2, 0.25) is 0 Å². The lowest BCUT2D eigenvalue weighted by molar-refractivity contribution is 0.266. The number of hydrogen-bond acceptors (Lipinski definition) is 2. The number of likely N-dealkylation sites (N-methyl/N-ethyl adjacent to an activating group) is 1. The molecular formula is C16H18ClN3. The zero-order chi connectivity index (χ0) is 13.7. The van der Waals surface area contributed by atoms with E-state index in [0.29, 0.717) is 6.04 Å². The quantitative estimate of drug-likeness (QED) is 0.738. The molecule has 3 nitrogen and oxygen atoms in total. The van der Waals surface area contributed by atoms with Gasteiger partial charge in [-0.1, -0.05) is 17.7 Å². The summed E-state index contributed by atoms with van der Waals surface area (Å²) in [7, 11) is 2.20. The minimum absolute atomic E-state index is 0.420. The number of anilines is 1. The fourth-order valence-electron chi connectivity index (χ4n) is 3.46. The number of rotatable bonds is 0. The van der Waals surface area contributed by atoms with E-state index < -0.39 is 0 Å². The number of piperazine rings is 1. The number of fused-ring (bicyclic) bond motifs is 5. The summed E-state index contributed by atoms with van der Waals surface area (Å²) in [5, 5.41) is 0.827. The van der Waals surface area contributed by atoms with Crippen LogP contribution in [0, 0.1) is 0 Å². The van der Waals surface area contributed by atoms with Crippen LogP contribution in [-0.4, -0.2) is 36.1 Å². The summed E-state index contributed by atoms with van der Waals surface area (Å²) in [6, 6.07) is 11.1. The lowest BCUT2D eigenvalue weighted by atomic mass is 10.1. The molecule has 0 bridgehead atoms. The van der Waals surface area contributed by atoms with Gasteiger partial charge in [-0.25, -0.2) is 0 Å². The molecular weight excluding hydrogens is 270 g/mol. The summed E-state index contributed by atoms with van der Waals surface area (Å²) in [4.78, 5) is 4.94. The van der Waals surface area contributed by atoms with E-state index >= 15 is 0 Å². The molecule has 1 saturated heterocycles. The van der Waals surface area contributed by atoms with E-state index in [9.17, 15) is 0 Å². The van der Waals surface area contributed by atoms with Gasteiger partial charge in [0.05, 0.1) is 6.04 Å². The van der Waals surface area contributed by atoms with Gasteiger partial charge in [-0.05, 0) is 36.9 Å². The smallest absolute Gasteiger partial charge is 0.0820 e. The fourth-order valence-corrected chi connectivity index (χ4v) is 3.62. The first kappa shape index (κ1) is 12.3. The Morgan fingerprint density at radius 3 is 3.00 bits per heavy atom. The number of hydrogen-bond donors (Lipinski definition) is 0. The first-order valence-corrected chi connectivity index (χ1v) is 7.49. The van der Waals surface area contributed by atoms with E-state index in [4.69, 9.17) is 11.6 Å². The molecule has 1 atom stereocenters. The Morgan fingerprint density at radius 2 is 2.10 bits per heavy atom. The lowest BCUT2D eigenvalue weighted by Crippen LogP contribution is -2.47. The van der Waals surface area contributed by atoms with Gasteiger partial charge in [0.15, 0.2) is 0 Å². The molecule has 0 amide bonds. The Balaban J connectivity index is 1.89. The fraction of sp³-hybridized carbons (Fsp3) is 0.375. The molecule has 0 spiro atoms. The minimum Gasteiger partial charge on any atom is -0.360 e. The van der Waals surface area contributed by atoms with Crippen molar-refractivity contribution in [3.63, 3.8) is 0 Å². The molecule has 104 valence electrons. The Kier molecular flexibility index (Phi) is 2.79. The molecule has 0 N–H and O–H groups in total. The van der Waals surface area contributed by atoms with Crippen molar-refractivity contribution in [3.05, 3.63) is 52.8 Å². The van der Waals surface area contributed by atoms with Crippen molar-refractivity contribution in [1.82, 2.24) is 9.47 Å². The SMILES string of the molecule is CN1CCN2c3cc(Cl)ccc3Cn3cccc3C2C1. The third kappa shape index (κ3) is 1.85. The van der Waals surface area contributed by atoms with Crippen molar-refractivity contribution in [3.8, 4) is 0 Å². The van der Waals surface area contributed by atoms with E-state index in [1.807, 2.05) is 6.07 Å². The van der Waals surface area contributed by atoms with Crippen LogP contribution in [0.5, 0.6) is 0 Å². The van der Waals surface area contributed by atoms with Gasteiger partial charge in [-0.2, -0.15) is 0 Å². The normalized spacial score (nSPS) is 21.9. The molecule has 2 aliphatic rings. The van der Waals surface area contributed by atoms with Crippen LogP contribution in [0.1, 0.15) is 17.3 Å². The van der Waals surface area contributed by atoms with Crippen LogP contribution in [0.25, 0.3) is 0 Å². The Hall–Kier alpha value is -1.45. The van der Waals surface area contributed by atoms with Crippen LogP contribution in [0.3, 0.4) is 0 Å². The Bertz CT molecular complexity index is 649. The van der Waals surface area contributed by atoms with E-state index in [1.54, 1.807) is 0 Å². The molecule has 0 saturated carbocycles. The topological polar surface area (TPSA) is 11.4 Å². The largest absolute Gasteiger partial charge is 0.360 e. The van der Waals surface area contributed by atoms with E-state index in [1.165, 1.54) is 16.9 Å². The highest BCUT2D eigenvalue weighted by Gasteiger charge is 2.32. The molecule has 4 heteroatoms. The maximum absolute atomic E-state index is 6.23.